The lowest BCUT2D eigenvalue weighted by molar-refractivity contribution is -0.131. The summed E-state index contributed by atoms with van der Waals surface area (Å²) in [5.41, 5.74) is 0.997. The zero-order chi connectivity index (χ0) is 13.7. The van der Waals surface area contributed by atoms with E-state index >= 15 is 0 Å². The molecule has 0 spiro atoms. The van der Waals surface area contributed by atoms with E-state index in [-0.39, 0.29) is 12.5 Å². The van der Waals surface area contributed by atoms with Gasteiger partial charge in [0.15, 0.2) is 6.61 Å². The highest BCUT2D eigenvalue weighted by Crippen LogP contribution is 2.19. The van der Waals surface area contributed by atoms with Gasteiger partial charge in [0.05, 0.1) is 11.9 Å². The monoisotopic (exact) mass is 263 g/mol. The van der Waals surface area contributed by atoms with Crippen molar-refractivity contribution < 1.29 is 9.53 Å². The Morgan fingerprint density at radius 3 is 2.89 bits per heavy atom. The predicted molar refractivity (Wildman–Crippen MR) is 72.9 cm³/mol. The molecule has 1 saturated carbocycles. The van der Waals surface area contributed by atoms with Crippen LogP contribution in [0, 0.1) is 0 Å². The summed E-state index contributed by atoms with van der Waals surface area (Å²) in [4.78, 5) is 17.5. The second-order valence-corrected chi connectivity index (χ2v) is 4.84. The van der Waals surface area contributed by atoms with Gasteiger partial charge in [-0.25, -0.2) is 0 Å². The van der Waals surface area contributed by atoms with Crippen LogP contribution in [0.15, 0.2) is 18.3 Å². The lowest BCUT2D eigenvalue weighted by atomic mass is 10.3. The highest BCUT2D eigenvalue weighted by atomic mass is 16.5. The molecule has 0 aliphatic heterocycles. The predicted octanol–water partition coefficient (Wildman–Crippen LogP) is 1.19. The van der Waals surface area contributed by atoms with Crippen molar-refractivity contribution in [1.29, 1.82) is 0 Å². The van der Waals surface area contributed by atoms with Crippen LogP contribution in [0.5, 0.6) is 5.75 Å². The maximum atomic E-state index is 11.6. The molecular weight excluding hydrogens is 242 g/mol. The average Bonchev–Trinajstić information content (AvgIpc) is 3.27. The van der Waals surface area contributed by atoms with E-state index in [9.17, 15) is 4.79 Å². The van der Waals surface area contributed by atoms with E-state index in [0.717, 1.165) is 12.2 Å². The van der Waals surface area contributed by atoms with Crippen molar-refractivity contribution in [3.8, 4) is 5.75 Å². The first-order valence-corrected chi connectivity index (χ1v) is 6.74. The molecule has 0 unspecified atom stereocenters. The highest BCUT2D eigenvalue weighted by molar-refractivity contribution is 5.77. The van der Waals surface area contributed by atoms with Crippen LogP contribution in [0.4, 0.5) is 0 Å². The summed E-state index contributed by atoms with van der Waals surface area (Å²) < 4.78 is 5.41. The summed E-state index contributed by atoms with van der Waals surface area (Å²) in [5, 5.41) is 3.40. The van der Waals surface area contributed by atoms with Gasteiger partial charge in [0.1, 0.15) is 5.75 Å². The van der Waals surface area contributed by atoms with Gasteiger partial charge in [-0.1, -0.05) is 0 Å². The van der Waals surface area contributed by atoms with Gasteiger partial charge >= 0.3 is 0 Å². The number of carbonyl (C=O) groups excluding carboxylic acids is 1. The zero-order valence-corrected chi connectivity index (χ0v) is 11.6. The molecule has 1 fully saturated rings. The van der Waals surface area contributed by atoms with E-state index < -0.39 is 0 Å². The number of aromatic nitrogens is 1. The Kier molecular flexibility index (Phi) is 4.74. The molecule has 104 valence electrons. The van der Waals surface area contributed by atoms with Gasteiger partial charge in [0, 0.05) is 26.2 Å². The summed E-state index contributed by atoms with van der Waals surface area (Å²) in [5.74, 6) is 0.606. The van der Waals surface area contributed by atoms with E-state index in [1.807, 2.05) is 19.1 Å². The Hall–Kier alpha value is -1.62. The summed E-state index contributed by atoms with van der Waals surface area (Å²) >= 11 is 0. The normalized spacial score (nSPS) is 14.2. The van der Waals surface area contributed by atoms with Crippen molar-refractivity contribution in [3.05, 3.63) is 24.0 Å². The maximum absolute atomic E-state index is 11.6. The average molecular weight is 263 g/mol. The number of nitrogens with one attached hydrogen (secondary N) is 1. The molecule has 1 amide bonds. The van der Waals surface area contributed by atoms with Crippen molar-refractivity contribution in [2.75, 3.05) is 20.2 Å². The lowest BCUT2D eigenvalue weighted by Crippen LogP contribution is -2.31. The first kappa shape index (κ1) is 13.8. The van der Waals surface area contributed by atoms with Crippen molar-refractivity contribution in [2.24, 2.45) is 0 Å². The van der Waals surface area contributed by atoms with Gasteiger partial charge in [0.2, 0.25) is 0 Å². The Bertz CT molecular complexity index is 415. The minimum Gasteiger partial charge on any atom is -0.482 e. The number of nitrogens with zero attached hydrogens (tertiary/aromatic N) is 2. The van der Waals surface area contributed by atoms with Gasteiger partial charge in [-0.05, 0) is 31.9 Å². The number of pyridine rings is 1. The molecule has 0 aromatic carbocycles. The van der Waals surface area contributed by atoms with Gasteiger partial charge in [-0.3, -0.25) is 9.78 Å². The van der Waals surface area contributed by atoms with E-state index in [4.69, 9.17) is 4.74 Å². The fourth-order valence-corrected chi connectivity index (χ4v) is 1.57. The highest BCUT2D eigenvalue weighted by Gasteiger charge is 2.20. The summed E-state index contributed by atoms with van der Waals surface area (Å²) in [7, 11) is 1.76. The quantitative estimate of drug-likeness (QED) is 0.803. The molecule has 5 heteroatoms. The summed E-state index contributed by atoms with van der Waals surface area (Å²) in [6, 6.07) is 4.47. The van der Waals surface area contributed by atoms with E-state index in [0.29, 0.717) is 18.3 Å². The fourth-order valence-electron chi connectivity index (χ4n) is 1.57. The number of likely N-dealkylation sites (N-methyl/N-ethyl adjacent to an activating group) is 1. The van der Waals surface area contributed by atoms with Crippen LogP contribution in [-0.4, -0.2) is 42.0 Å². The van der Waals surface area contributed by atoms with Crippen LogP contribution in [0.2, 0.25) is 0 Å². The van der Waals surface area contributed by atoms with Crippen LogP contribution < -0.4 is 10.1 Å². The number of ether oxygens (including phenoxy) is 1. The van der Waals surface area contributed by atoms with Crippen LogP contribution in [0.3, 0.4) is 0 Å². The zero-order valence-electron chi connectivity index (χ0n) is 11.6. The number of hydrogen-bond donors (Lipinski definition) is 1. The van der Waals surface area contributed by atoms with Crippen LogP contribution in [0.25, 0.3) is 0 Å². The molecule has 1 aromatic heterocycles. The third kappa shape index (κ3) is 4.52. The Labute approximate surface area is 114 Å². The largest absolute Gasteiger partial charge is 0.482 e. The number of amides is 1. The molecule has 0 atom stereocenters. The number of rotatable bonds is 7. The molecular formula is C14H21N3O2. The standard InChI is InChI=1S/C14H21N3O2/c1-3-17(2)14(18)10-19-13-7-6-12(16-9-13)8-15-11-4-5-11/h6-7,9,11,15H,3-5,8,10H2,1-2H3. The number of hydrogen-bond acceptors (Lipinski definition) is 4. The lowest BCUT2D eigenvalue weighted by Gasteiger charge is -2.14. The van der Waals surface area contributed by atoms with Crippen molar-refractivity contribution in [2.45, 2.75) is 32.4 Å². The minimum absolute atomic E-state index is 0.0259. The molecule has 0 saturated heterocycles. The molecule has 1 aliphatic rings. The second-order valence-electron chi connectivity index (χ2n) is 4.84. The molecule has 1 aromatic rings. The Morgan fingerprint density at radius 2 is 2.32 bits per heavy atom. The van der Waals surface area contributed by atoms with Crippen LogP contribution >= 0.6 is 0 Å². The third-order valence-corrected chi connectivity index (χ3v) is 3.21. The number of carbonyl (C=O) groups is 1. The van der Waals surface area contributed by atoms with E-state index in [1.54, 1.807) is 18.1 Å². The SMILES string of the molecule is CCN(C)C(=O)COc1ccc(CNC2CC2)nc1. The van der Waals surface area contributed by atoms with Crippen LogP contribution in [0.1, 0.15) is 25.5 Å². The molecule has 1 heterocycles. The van der Waals surface area contributed by atoms with Crippen molar-refractivity contribution in [3.63, 3.8) is 0 Å². The molecule has 2 rings (SSSR count). The Balaban J connectivity index is 1.75. The maximum Gasteiger partial charge on any atom is 0.260 e. The van der Waals surface area contributed by atoms with Gasteiger partial charge < -0.3 is 15.0 Å². The van der Waals surface area contributed by atoms with E-state index in [1.165, 1.54) is 12.8 Å². The summed E-state index contributed by atoms with van der Waals surface area (Å²) in [6.45, 7) is 3.47. The molecule has 0 radical (unpaired) electrons. The topological polar surface area (TPSA) is 54.5 Å². The third-order valence-electron chi connectivity index (χ3n) is 3.21. The second kappa shape index (κ2) is 6.52. The van der Waals surface area contributed by atoms with Crippen molar-refractivity contribution in [1.82, 2.24) is 15.2 Å². The molecule has 1 aliphatic carbocycles. The smallest absolute Gasteiger partial charge is 0.260 e. The van der Waals surface area contributed by atoms with Gasteiger partial charge in [0.25, 0.3) is 5.91 Å². The minimum atomic E-state index is -0.0259. The molecule has 19 heavy (non-hydrogen) atoms. The molecule has 5 nitrogen and oxygen atoms in total. The Morgan fingerprint density at radius 1 is 1.53 bits per heavy atom. The first-order valence-electron chi connectivity index (χ1n) is 6.74. The first-order chi connectivity index (χ1) is 9.19. The summed E-state index contributed by atoms with van der Waals surface area (Å²) in [6.07, 6.45) is 4.21. The van der Waals surface area contributed by atoms with Crippen molar-refractivity contribution >= 4 is 5.91 Å². The van der Waals surface area contributed by atoms with Crippen LogP contribution in [-0.2, 0) is 11.3 Å². The molecule has 1 N–H and O–H groups in total. The fraction of sp³-hybridized carbons (Fsp3) is 0.571. The molecule has 0 bridgehead atoms. The van der Waals surface area contributed by atoms with E-state index in [2.05, 4.69) is 10.3 Å². The van der Waals surface area contributed by atoms with Gasteiger partial charge in [-0.15, -0.1) is 0 Å². The van der Waals surface area contributed by atoms with Gasteiger partial charge in [-0.2, -0.15) is 0 Å².